The number of hydrogen-bond acceptors (Lipinski definition) is 1. The van der Waals surface area contributed by atoms with Crippen molar-refractivity contribution in [3.05, 3.63) is 24.3 Å². The summed E-state index contributed by atoms with van der Waals surface area (Å²) in [7, 11) is 0. The van der Waals surface area contributed by atoms with Crippen molar-refractivity contribution in [2.75, 3.05) is 0 Å². The van der Waals surface area contributed by atoms with Crippen LogP contribution in [0, 0.1) is 0 Å². The number of unbranched alkanes of at least 4 members (excludes halogenated alkanes) is 1. The minimum atomic E-state index is 0.359. The first-order valence-corrected chi connectivity index (χ1v) is 5.09. The first-order chi connectivity index (χ1) is 6.31. The normalized spacial score (nSPS) is 11.5. The van der Waals surface area contributed by atoms with E-state index in [9.17, 15) is 4.79 Å². The topological polar surface area (TPSA) is 17.1 Å². The average Bonchev–Trinajstić information content (AvgIpc) is 2.16. The third-order valence-electron chi connectivity index (χ3n) is 1.89. The first-order valence-electron chi connectivity index (χ1n) is 5.09. The largest absolute Gasteiger partial charge is 0.300 e. The zero-order valence-corrected chi connectivity index (χ0v) is 8.75. The van der Waals surface area contributed by atoms with Gasteiger partial charge in [-0.2, -0.15) is 0 Å². The molecule has 0 aliphatic heterocycles. The van der Waals surface area contributed by atoms with E-state index in [-0.39, 0.29) is 0 Å². The Kier molecular flexibility index (Phi) is 8.64. The van der Waals surface area contributed by atoms with Gasteiger partial charge in [0.15, 0.2) is 0 Å². The van der Waals surface area contributed by atoms with Gasteiger partial charge in [-0.15, -0.1) is 0 Å². The van der Waals surface area contributed by atoms with Crippen LogP contribution in [0.25, 0.3) is 0 Å². The van der Waals surface area contributed by atoms with Gasteiger partial charge in [-0.1, -0.05) is 31.2 Å². The molecule has 0 aromatic heterocycles. The summed E-state index contributed by atoms with van der Waals surface area (Å²) in [6.07, 6.45) is 13.0. The fourth-order valence-corrected chi connectivity index (χ4v) is 1.02. The van der Waals surface area contributed by atoms with E-state index in [4.69, 9.17) is 0 Å². The van der Waals surface area contributed by atoms with Crippen molar-refractivity contribution >= 4 is 5.78 Å². The summed E-state index contributed by atoms with van der Waals surface area (Å²) in [5.74, 6) is 0.359. The van der Waals surface area contributed by atoms with Crippen LogP contribution in [0.3, 0.4) is 0 Å². The molecule has 0 aliphatic carbocycles. The van der Waals surface area contributed by atoms with Crippen molar-refractivity contribution < 1.29 is 4.79 Å². The summed E-state index contributed by atoms with van der Waals surface area (Å²) < 4.78 is 0. The summed E-state index contributed by atoms with van der Waals surface area (Å²) in [5, 5.41) is 0. The second-order valence-electron chi connectivity index (χ2n) is 3.05. The molecular weight excluding hydrogens is 160 g/mol. The van der Waals surface area contributed by atoms with Gasteiger partial charge in [0.25, 0.3) is 0 Å². The zero-order chi connectivity index (χ0) is 9.94. The molecule has 0 saturated heterocycles. The van der Waals surface area contributed by atoms with Crippen molar-refractivity contribution in [3.8, 4) is 0 Å². The lowest BCUT2D eigenvalue weighted by Crippen LogP contribution is -1.92. The lowest BCUT2D eigenvalue weighted by atomic mass is 10.1. The number of carbonyl (C=O) groups is 1. The molecule has 0 heterocycles. The van der Waals surface area contributed by atoms with Gasteiger partial charge in [-0.05, 0) is 26.2 Å². The van der Waals surface area contributed by atoms with Crippen LogP contribution in [0.5, 0.6) is 0 Å². The Morgan fingerprint density at radius 2 is 1.69 bits per heavy atom. The molecule has 0 aliphatic rings. The molecule has 0 saturated carbocycles. The van der Waals surface area contributed by atoms with E-state index < -0.39 is 0 Å². The predicted octanol–water partition coefficient (Wildman–Crippen LogP) is 3.66. The van der Waals surface area contributed by atoms with Crippen molar-refractivity contribution in [1.29, 1.82) is 0 Å². The van der Waals surface area contributed by atoms with E-state index in [1.807, 2.05) is 13.8 Å². The van der Waals surface area contributed by atoms with Crippen LogP contribution in [0.1, 0.15) is 46.0 Å². The Bertz CT molecular complexity index is 178. The second-order valence-corrected chi connectivity index (χ2v) is 3.05. The van der Waals surface area contributed by atoms with Crippen LogP contribution >= 0.6 is 0 Å². The monoisotopic (exact) mass is 180 g/mol. The molecule has 0 amide bonds. The number of hydrogen-bond donors (Lipinski definition) is 0. The SMILES string of the molecule is C/C=C/CC/C=C/CCC(=O)CC. The van der Waals surface area contributed by atoms with E-state index in [1.165, 1.54) is 0 Å². The molecule has 0 aromatic rings. The van der Waals surface area contributed by atoms with Gasteiger partial charge in [0.05, 0.1) is 0 Å². The van der Waals surface area contributed by atoms with Crippen LogP contribution in [0.15, 0.2) is 24.3 Å². The molecule has 0 N–H and O–H groups in total. The molecule has 0 aromatic carbocycles. The fraction of sp³-hybridized carbons (Fsp3) is 0.583. The Balaban J connectivity index is 3.26. The van der Waals surface area contributed by atoms with Gasteiger partial charge in [0.1, 0.15) is 5.78 Å². The molecule has 0 fully saturated rings. The highest BCUT2D eigenvalue weighted by atomic mass is 16.1. The summed E-state index contributed by atoms with van der Waals surface area (Å²) in [6.45, 7) is 3.95. The van der Waals surface area contributed by atoms with Gasteiger partial charge < -0.3 is 0 Å². The molecule has 0 bridgehead atoms. The summed E-state index contributed by atoms with van der Waals surface area (Å²) in [4.78, 5) is 10.9. The number of ketones is 1. The van der Waals surface area contributed by atoms with E-state index in [0.29, 0.717) is 18.6 Å². The summed E-state index contributed by atoms with van der Waals surface area (Å²) in [6, 6.07) is 0. The van der Waals surface area contributed by atoms with E-state index in [1.54, 1.807) is 0 Å². The minimum Gasteiger partial charge on any atom is -0.300 e. The van der Waals surface area contributed by atoms with Crippen molar-refractivity contribution in [2.24, 2.45) is 0 Å². The van der Waals surface area contributed by atoms with Gasteiger partial charge in [-0.25, -0.2) is 0 Å². The number of Topliss-reactive ketones (excluding diaryl/α,β-unsaturated/α-hetero) is 1. The predicted molar refractivity (Wildman–Crippen MR) is 57.7 cm³/mol. The number of carbonyl (C=O) groups excluding carboxylic acids is 1. The third kappa shape index (κ3) is 9.06. The van der Waals surface area contributed by atoms with Crippen LogP contribution in [-0.4, -0.2) is 5.78 Å². The maximum atomic E-state index is 10.9. The molecule has 1 heteroatoms. The van der Waals surface area contributed by atoms with Crippen LogP contribution in [0.2, 0.25) is 0 Å². The Morgan fingerprint density at radius 1 is 1.08 bits per heavy atom. The Labute approximate surface area is 81.5 Å². The highest BCUT2D eigenvalue weighted by molar-refractivity contribution is 5.78. The van der Waals surface area contributed by atoms with Crippen molar-refractivity contribution in [3.63, 3.8) is 0 Å². The number of rotatable bonds is 7. The molecule has 0 unspecified atom stereocenters. The van der Waals surface area contributed by atoms with Crippen molar-refractivity contribution in [1.82, 2.24) is 0 Å². The zero-order valence-electron chi connectivity index (χ0n) is 8.75. The van der Waals surface area contributed by atoms with E-state index in [2.05, 4.69) is 24.3 Å². The lowest BCUT2D eigenvalue weighted by molar-refractivity contribution is -0.118. The standard InChI is InChI=1S/C12H20O/c1-3-5-6-7-8-9-10-11-12(13)4-2/h3,5,8-9H,4,6-7,10-11H2,1-2H3/b5-3+,9-8+. The Morgan fingerprint density at radius 3 is 2.31 bits per heavy atom. The molecule has 0 atom stereocenters. The second kappa shape index (κ2) is 9.24. The minimum absolute atomic E-state index is 0.359. The van der Waals surface area contributed by atoms with Gasteiger partial charge in [0, 0.05) is 12.8 Å². The highest BCUT2D eigenvalue weighted by Crippen LogP contribution is 1.98. The van der Waals surface area contributed by atoms with Gasteiger partial charge in [-0.3, -0.25) is 4.79 Å². The Hall–Kier alpha value is -0.850. The lowest BCUT2D eigenvalue weighted by Gasteiger charge is -1.91. The van der Waals surface area contributed by atoms with Gasteiger partial charge in [0.2, 0.25) is 0 Å². The molecular formula is C12H20O. The van der Waals surface area contributed by atoms with Crippen LogP contribution < -0.4 is 0 Å². The fourth-order valence-electron chi connectivity index (χ4n) is 1.02. The third-order valence-corrected chi connectivity index (χ3v) is 1.89. The summed E-state index contributed by atoms with van der Waals surface area (Å²) >= 11 is 0. The smallest absolute Gasteiger partial charge is 0.132 e. The average molecular weight is 180 g/mol. The van der Waals surface area contributed by atoms with E-state index in [0.717, 1.165) is 19.3 Å². The maximum Gasteiger partial charge on any atom is 0.132 e. The number of allylic oxidation sites excluding steroid dienone is 4. The highest BCUT2D eigenvalue weighted by Gasteiger charge is 1.93. The molecule has 0 spiro atoms. The van der Waals surface area contributed by atoms with Crippen LogP contribution in [-0.2, 0) is 4.79 Å². The quantitative estimate of drug-likeness (QED) is 0.431. The first kappa shape index (κ1) is 12.2. The van der Waals surface area contributed by atoms with Gasteiger partial charge >= 0.3 is 0 Å². The van der Waals surface area contributed by atoms with Crippen molar-refractivity contribution in [2.45, 2.75) is 46.0 Å². The molecule has 1 nitrogen and oxygen atoms in total. The van der Waals surface area contributed by atoms with E-state index >= 15 is 0 Å². The molecule has 0 rings (SSSR count). The van der Waals surface area contributed by atoms with Crippen LogP contribution in [0.4, 0.5) is 0 Å². The molecule has 13 heavy (non-hydrogen) atoms. The molecule has 74 valence electrons. The maximum absolute atomic E-state index is 10.9. The summed E-state index contributed by atoms with van der Waals surface area (Å²) in [5.41, 5.74) is 0. The molecule has 0 radical (unpaired) electrons.